The van der Waals surface area contributed by atoms with Gasteiger partial charge in [-0.15, -0.1) is 0 Å². The number of aromatic nitrogens is 1. The van der Waals surface area contributed by atoms with Gasteiger partial charge < -0.3 is 15.8 Å². The Morgan fingerprint density at radius 3 is 2.31 bits per heavy atom. The largest absolute Gasteiger partial charge is 0.494 e. The van der Waals surface area contributed by atoms with Crippen LogP contribution in [0.4, 0.5) is 5.69 Å². The predicted octanol–water partition coefficient (Wildman–Crippen LogP) is 3.78. The van der Waals surface area contributed by atoms with Crippen molar-refractivity contribution in [1.82, 2.24) is 4.98 Å². The zero-order valence-corrected chi connectivity index (χ0v) is 17.0. The first-order valence-corrected chi connectivity index (χ1v) is 10.2. The van der Waals surface area contributed by atoms with E-state index in [4.69, 9.17) is 5.73 Å². The summed E-state index contributed by atoms with van der Waals surface area (Å²) in [4.78, 5) is 30.2. The van der Waals surface area contributed by atoms with E-state index in [1.165, 1.54) is 5.01 Å². The molecule has 1 aliphatic heterocycles. The van der Waals surface area contributed by atoms with Gasteiger partial charge in [0.05, 0.1) is 11.6 Å². The molecule has 0 spiro atoms. The number of nitrogens with zero attached hydrogens (tertiary/aromatic N) is 2. The van der Waals surface area contributed by atoms with E-state index in [1.54, 1.807) is 60.7 Å². The van der Waals surface area contributed by atoms with Crippen LogP contribution in [0.15, 0.2) is 90.0 Å². The molecular weight excluding hydrogens is 404 g/mol. The lowest BCUT2D eigenvalue weighted by Crippen LogP contribution is -2.37. The molecule has 0 saturated carbocycles. The molecule has 158 valence electrons. The molecule has 7 heteroatoms. The monoisotopic (exact) mass is 424 g/mol. The molecule has 0 saturated heterocycles. The summed E-state index contributed by atoms with van der Waals surface area (Å²) in [5, 5.41) is 16.9. The Hall–Kier alpha value is -4.39. The molecule has 2 heterocycles. The van der Waals surface area contributed by atoms with Crippen molar-refractivity contribution < 1.29 is 14.7 Å². The van der Waals surface area contributed by atoms with Crippen LogP contribution in [0.3, 0.4) is 0 Å². The van der Waals surface area contributed by atoms with Crippen molar-refractivity contribution in [2.24, 2.45) is 16.8 Å². The maximum atomic E-state index is 13.8. The second-order valence-corrected chi connectivity index (χ2v) is 7.63. The van der Waals surface area contributed by atoms with Crippen LogP contribution >= 0.6 is 0 Å². The molecule has 0 bridgehead atoms. The van der Waals surface area contributed by atoms with Gasteiger partial charge in [-0.2, -0.15) is 10.1 Å². The summed E-state index contributed by atoms with van der Waals surface area (Å²) in [6.07, 6.45) is 0. The number of nitrogens with one attached hydrogen (secondary N) is 1. The first-order chi connectivity index (χ1) is 15.6. The Morgan fingerprint density at radius 1 is 0.969 bits per heavy atom. The molecule has 0 aliphatic carbocycles. The molecule has 2 atom stereocenters. The zero-order chi connectivity index (χ0) is 22.2. The van der Waals surface area contributed by atoms with Crippen LogP contribution in [0.2, 0.25) is 0 Å². The first kappa shape index (κ1) is 19.6. The minimum atomic E-state index is -1.06. The number of benzene rings is 3. The van der Waals surface area contributed by atoms with Crippen LogP contribution in [0.25, 0.3) is 10.9 Å². The first-order valence-electron chi connectivity index (χ1n) is 10.2. The number of hydrogen-bond acceptors (Lipinski definition) is 5. The Morgan fingerprint density at radius 2 is 1.59 bits per heavy atom. The number of nitrogens with two attached hydrogens (primary N) is 1. The Bertz CT molecular complexity index is 1350. The Labute approximate surface area is 183 Å². The van der Waals surface area contributed by atoms with Crippen LogP contribution in [0.1, 0.15) is 21.8 Å². The van der Waals surface area contributed by atoms with Gasteiger partial charge in [-0.25, -0.2) is 0 Å². The molecule has 2 unspecified atom stereocenters. The van der Waals surface area contributed by atoms with Crippen LogP contribution in [-0.2, 0) is 4.79 Å². The molecule has 5 rings (SSSR count). The molecule has 0 fully saturated rings. The van der Waals surface area contributed by atoms with E-state index < -0.39 is 17.7 Å². The topological polar surface area (TPSA) is 112 Å². The lowest BCUT2D eigenvalue weighted by atomic mass is 9.79. The summed E-state index contributed by atoms with van der Waals surface area (Å²) in [5.74, 6) is -3.01. The minimum absolute atomic E-state index is 0.0258. The maximum Gasteiger partial charge on any atom is 0.259 e. The fourth-order valence-electron chi connectivity index (χ4n) is 4.25. The van der Waals surface area contributed by atoms with Gasteiger partial charge in [0, 0.05) is 22.0 Å². The number of anilines is 1. The molecule has 4 aromatic rings. The number of H-pyrrole nitrogens is 1. The number of hydrazone groups is 1. The van der Waals surface area contributed by atoms with E-state index in [0.717, 1.165) is 0 Å². The van der Waals surface area contributed by atoms with Crippen molar-refractivity contribution in [2.45, 2.75) is 5.92 Å². The van der Waals surface area contributed by atoms with Crippen LogP contribution in [0, 0.1) is 5.92 Å². The third-order valence-corrected chi connectivity index (χ3v) is 5.72. The lowest BCUT2D eigenvalue weighted by Gasteiger charge is -2.22. The van der Waals surface area contributed by atoms with Crippen molar-refractivity contribution >= 4 is 34.1 Å². The van der Waals surface area contributed by atoms with Gasteiger partial charge in [0.25, 0.3) is 5.91 Å². The fraction of sp³-hybridized carbons (Fsp3) is 0.0800. The quantitative estimate of drug-likeness (QED) is 0.423. The zero-order valence-electron chi connectivity index (χ0n) is 17.0. The highest BCUT2D eigenvalue weighted by molar-refractivity contribution is 6.20. The standard InChI is InChI=1S/C25H20N4O3/c26-23-21(25(32)29(28-23)16-11-5-2-6-12-16)20(22(30)15-9-3-1-4-10-15)19-17-13-7-8-14-18(17)27-24(19)31/h1-14,20-21,27,31H,(H2,26,28). The summed E-state index contributed by atoms with van der Waals surface area (Å²) in [7, 11) is 0. The summed E-state index contributed by atoms with van der Waals surface area (Å²) in [6.45, 7) is 0. The SMILES string of the molecule is NC1=NN(c2ccccc2)C(=O)C1C(C(=O)c1ccccc1)c1c(O)[nH]c2ccccc12. The summed E-state index contributed by atoms with van der Waals surface area (Å²) in [6, 6.07) is 24.8. The Balaban J connectivity index is 1.67. The number of carbonyl (C=O) groups excluding carboxylic acids is 2. The van der Waals surface area contributed by atoms with Crippen LogP contribution in [-0.4, -0.2) is 27.6 Å². The third kappa shape index (κ3) is 3.11. The van der Waals surface area contributed by atoms with Gasteiger partial charge in [0.2, 0.25) is 0 Å². The van der Waals surface area contributed by atoms with E-state index in [9.17, 15) is 14.7 Å². The molecule has 3 aromatic carbocycles. The summed E-state index contributed by atoms with van der Waals surface area (Å²) >= 11 is 0. The highest BCUT2D eigenvalue weighted by atomic mass is 16.3. The fourth-order valence-corrected chi connectivity index (χ4v) is 4.25. The van der Waals surface area contributed by atoms with E-state index in [0.29, 0.717) is 27.7 Å². The number of para-hydroxylation sites is 2. The summed E-state index contributed by atoms with van der Waals surface area (Å²) < 4.78 is 0. The van der Waals surface area contributed by atoms with Gasteiger partial charge in [-0.1, -0.05) is 66.7 Å². The van der Waals surface area contributed by atoms with E-state index in [2.05, 4.69) is 10.1 Å². The van der Waals surface area contributed by atoms with Gasteiger partial charge >= 0.3 is 0 Å². The van der Waals surface area contributed by atoms with Crippen molar-refractivity contribution in [3.05, 3.63) is 96.1 Å². The number of amidine groups is 1. The van der Waals surface area contributed by atoms with Gasteiger partial charge in [-0.3, -0.25) is 9.59 Å². The molecule has 0 radical (unpaired) electrons. The van der Waals surface area contributed by atoms with Crippen molar-refractivity contribution in [2.75, 3.05) is 5.01 Å². The maximum absolute atomic E-state index is 13.8. The number of fused-ring (bicyclic) bond motifs is 1. The van der Waals surface area contributed by atoms with E-state index >= 15 is 0 Å². The van der Waals surface area contributed by atoms with Gasteiger partial charge in [0.1, 0.15) is 11.8 Å². The third-order valence-electron chi connectivity index (χ3n) is 5.72. The number of aromatic hydroxyl groups is 1. The highest BCUT2D eigenvalue weighted by Gasteiger charge is 2.46. The number of rotatable bonds is 5. The van der Waals surface area contributed by atoms with Crippen molar-refractivity contribution in [3.63, 3.8) is 0 Å². The number of ketones is 1. The molecule has 7 nitrogen and oxygen atoms in total. The van der Waals surface area contributed by atoms with Crippen molar-refractivity contribution in [3.8, 4) is 5.88 Å². The molecule has 1 aliphatic rings. The van der Waals surface area contributed by atoms with Crippen molar-refractivity contribution in [1.29, 1.82) is 0 Å². The Kier molecular flexibility index (Phi) is 4.71. The van der Waals surface area contributed by atoms with Crippen LogP contribution in [0.5, 0.6) is 5.88 Å². The second kappa shape index (κ2) is 7.70. The smallest absolute Gasteiger partial charge is 0.259 e. The molecule has 1 aromatic heterocycles. The molecule has 1 amide bonds. The minimum Gasteiger partial charge on any atom is -0.494 e. The lowest BCUT2D eigenvalue weighted by molar-refractivity contribution is -0.120. The summed E-state index contributed by atoms with van der Waals surface area (Å²) in [5.41, 5.74) is 8.22. The molecule has 4 N–H and O–H groups in total. The number of amides is 1. The average molecular weight is 424 g/mol. The highest BCUT2D eigenvalue weighted by Crippen LogP contribution is 2.42. The normalized spacial score (nSPS) is 16.9. The van der Waals surface area contributed by atoms with Crippen LogP contribution < -0.4 is 10.7 Å². The second-order valence-electron chi connectivity index (χ2n) is 7.63. The number of hydrogen-bond donors (Lipinski definition) is 3. The van der Waals surface area contributed by atoms with E-state index in [-0.39, 0.29) is 17.5 Å². The molecular formula is C25H20N4O3. The molecule has 32 heavy (non-hydrogen) atoms. The number of carbonyl (C=O) groups is 2. The van der Waals surface area contributed by atoms with Gasteiger partial charge in [-0.05, 0) is 18.2 Å². The number of aromatic amines is 1. The van der Waals surface area contributed by atoms with E-state index in [1.807, 2.05) is 24.3 Å². The van der Waals surface area contributed by atoms with Gasteiger partial charge in [0.15, 0.2) is 11.7 Å². The average Bonchev–Trinajstić information content (AvgIpc) is 3.31. The predicted molar refractivity (Wildman–Crippen MR) is 123 cm³/mol. The number of Topliss-reactive ketones (excluding diaryl/α,β-unsaturated/α-hetero) is 1.